The molecule has 1 rings (SSSR count). The highest BCUT2D eigenvalue weighted by atomic mass is 16.6. The van der Waals surface area contributed by atoms with Crippen LogP contribution in [0, 0.1) is 0 Å². The Labute approximate surface area is 73.6 Å². The zero-order chi connectivity index (χ0) is 8.81. The molecule has 0 heterocycles. The second-order valence-corrected chi connectivity index (χ2v) is 2.43. The molecular weight excluding hydrogens is 151 g/mol. The summed E-state index contributed by atoms with van der Waals surface area (Å²) in [7, 11) is 1.42. The fraction of sp³-hybridized carbons (Fsp3) is 0.333. The number of hydrogen-bond acceptors (Lipinski definition) is 2. The van der Waals surface area contributed by atoms with Crippen molar-refractivity contribution in [3.05, 3.63) is 30.3 Å². The van der Waals surface area contributed by atoms with E-state index in [4.69, 9.17) is 9.31 Å². The van der Waals surface area contributed by atoms with Gasteiger partial charge in [0.2, 0.25) is 0 Å². The van der Waals surface area contributed by atoms with Gasteiger partial charge in [0.1, 0.15) is 0 Å². The molecule has 1 aromatic carbocycles. The summed E-state index contributed by atoms with van der Waals surface area (Å²) in [6.07, 6.45) is 0. The fourth-order valence-electron chi connectivity index (χ4n) is 1.06. The second kappa shape index (κ2) is 4.96. The van der Waals surface area contributed by atoms with Crippen LogP contribution in [0.4, 0.5) is 0 Å². The Morgan fingerprint density at radius 2 is 1.92 bits per heavy atom. The molecule has 3 heteroatoms. The smallest absolute Gasteiger partial charge is 0.410 e. The van der Waals surface area contributed by atoms with Gasteiger partial charge in [-0.2, -0.15) is 0 Å². The molecule has 0 atom stereocenters. The molecule has 0 aliphatic heterocycles. The third-order valence-electron chi connectivity index (χ3n) is 1.60. The SMILES string of the molecule is CCOB(OC)c1ccccc1. The summed E-state index contributed by atoms with van der Waals surface area (Å²) in [5.74, 6) is 0. The Balaban J connectivity index is 2.66. The first kappa shape index (κ1) is 9.29. The lowest BCUT2D eigenvalue weighted by atomic mass is 9.79. The molecule has 0 aliphatic rings. The summed E-state index contributed by atoms with van der Waals surface area (Å²) >= 11 is 0. The van der Waals surface area contributed by atoms with E-state index in [-0.39, 0.29) is 7.12 Å². The Bertz CT molecular complexity index is 213. The van der Waals surface area contributed by atoms with E-state index in [9.17, 15) is 0 Å². The van der Waals surface area contributed by atoms with Crippen LogP contribution in [0.25, 0.3) is 0 Å². The van der Waals surface area contributed by atoms with Crippen molar-refractivity contribution in [1.29, 1.82) is 0 Å². The summed E-state index contributed by atoms with van der Waals surface area (Å²) in [6.45, 7) is 2.61. The van der Waals surface area contributed by atoms with Gasteiger partial charge in [-0.3, -0.25) is 0 Å². The lowest BCUT2D eigenvalue weighted by Gasteiger charge is -2.09. The van der Waals surface area contributed by atoms with Crippen LogP contribution in [-0.4, -0.2) is 20.8 Å². The molecule has 0 saturated carbocycles. The lowest BCUT2D eigenvalue weighted by molar-refractivity contribution is 0.253. The molecule has 0 bridgehead atoms. The molecule has 0 fully saturated rings. The number of hydrogen-bond donors (Lipinski definition) is 0. The third-order valence-corrected chi connectivity index (χ3v) is 1.60. The minimum atomic E-state index is -0.226. The van der Waals surface area contributed by atoms with Crippen molar-refractivity contribution in [2.24, 2.45) is 0 Å². The minimum Gasteiger partial charge on any atom is -0.410 e. The van der Waals surface area contributed by atoms with Crippen molar-refractivity contribution in [2.75, 3.05) is 13.7 Å². The predicted octanol–water partition coefficient (Wildman–Crippen LogP) is 1.06. The first-order valence-electron chi connectivity index (χ1n) is 4.07. The van der Waals surface area contributed by atoms with Crippen LogP contribution in [0.5, 0.6) is 0 Å². The molecule has 0 aromatic heterocycles. The van der Waals surface area contributed by atoms with E-state index in [1.54, 1.807) is 7.11 Å². The zero-order valence-electron chi connectivity index (χ0n) is 7.49. The molecule has 0 saturated heterocycles. The van der Waals surface area contributed by atoms with Gasteiger partial charge < -0.3 is 9.31 Å². The largest absolute Gasteiger partial charge is 0.493 e. The minimum absolute atomic E-state index is 0.226. The summed E-state index contributed by atoms with van der Waals surface area (Å²) in [5.41, 5.74) is 1.06. The monoisotopic (exact) mass is 164 g/mol. The molecule has 2 nitrogen and oxygen atoms in total. The molecule has 0 aliphatic carbocycles. The van der Waals surface area contributed by atoms with Crippen LogP contribution >= 0.6 is 0 Å². The topological polar surface area (TPSA) is 18.5 Å². The molecule has 64 valence electrons. The van der Waals surface area contributed by atoms with E-state index >= 15 is 0 Å². The Kier molecular flexibility index (Phi) is 3.84. The highest BCUT2D eigenvalue weighted by Crippen LogP contribution is 1.91. The molecule has 0 amide bonds. The summed E-state index contributed by atoms with van der Waals surface area (Å²) in [5, 5.41) is 0. The first-order valence-corrected chi connectivity index (χ1v) is 4.07. The van der Waals surface area contributed by atoms with Gasteiger partial charge >= 0.3 is 7.12 Å². The van der Waals surface area contributed by atoms with E-state index in [0.717, 1.165) is 5.46 Å². The fourth-order valence-corrected chi connectivity index (χ4v) is 1.06. The molecular formula is C9H13BO2. The average Bonchev–Trinajstić information content (AvgIpc) is 2.15. The Hall–Kier alpha value is -0.795. The highest BCUT2D eigenvalue weighted by Gasteiger charge is 2.17. The van der Waals surface area contributed by atoms with E-state index in [1.807, 2.05) is 37.3 Å². The summed E-state index contributed by atoms with van der Waals surface area (Å²) in [4.78, 5) is 0. The van der Waals surface area contributed by atoms with Gasteiger partial charge in [0.05, 0.1) is 0 Å². The van der Waals surface area contributed by atoms with Crippen molar-refractivity contribution in [2.45, 2.75) is 6.92 Å². The zero-order valence-corrected chi connectivity index (χ0v) is 7.49. The van der Waals surface area contributed by atoms with Crippen molar-refractivity contribution in [3.63, 3.8) is 0 Å². The lowest BCUT2D eigenvalue weighted by Crippen LogP contribution is -2.35. The van der Waals surface area contributed by atoms with Crippen LogP contribution < -0.4 is 5.46 Å². The van der Waals surface area contributed by atoms with E-state index in [0.29, 0.717) is 6.61 Å². The predicted molar refractivity (Wildman–Crippen MR) is 50.5 cm³/mol. The molecule has 0 N–H and O–H groups in total. The quantitative estimate of drug-likeness (QED) is 0.619. The van der Waals surface area contributed by atoms with Gasteiger partial charge in [0, 0.05) is 13.7 Å². The summed E-state index contributed by atoms with van der Waals surface area (Å²) in [6, 6.07) is 9.90. The van der Waals surface area contributed by atoms with Crippen LogP contribution in [0.2, 0.25) is 0 Å². The van der Waals surface area contributed by atoms with Crippen LogP contribution in [-0.2, 0) is 9.31 Å². The molecule has 12 heavy (non-hydrogen) atoms. The van der Waals surface area contributed by atoms with Gasteiger partial charge in [0.15, 0.2) is 0 Å². The van der Waals surface area contributed by atoms with E-state index < -0.39 is 0 Å². The molecule has 0 spiro atoms. The normalized spacial score (nSPS) is 9.83. The van der Waals surface area contributed by atoms with Crippen molar-refractivity contribution < 1.29 is 9.31 Å². The van der Waals surface area contributed by atoms with E-state index in [1.165, 1.54) is 0 Å². The standard InChI is InChI=1S/C9H13BO2/c1-3-12-10(11-2)9-7-5-4-6-8-9/h4-8H,3H2,1-2H3. The maximum Gasteiger partial charge on any atom is 0.493 e. The maximum absolute atomic E-state index is 5.35. The number of benzene rings is 1. The van der Waals surface area contributed by atoms with Gasteiger partial charge in [0.25, 0.3) is 0 Å². The van der Waals surface area contributed by atoms with Gasteiger partial charge in [-0.05, 0) is 12.4 Å². The molecule has 0 radical (unpaired) electrons. The Morgan fingerprint density at radius 3 is 2.42 bits per heavy atom. The maximum atomic E-state index is 5.35. The van der Waals surface area contributed by atoms with Crippen LogP contribution in [0.15, 0.2) is 30.3 Å². The van der Waals surface area contributed by atoms with Crippen molar-refractivity contribution in [3.8, 4) is 0 Å². The van der Waals surface area contributed by atoms with Gasteiger partial charge in [-0.25, -0.2) is 0 Å². The highest BCUT2D eigenvalue weighted by molar-refractivity contribution is 6.61. The van der Waals surface area contributed by atoms with Gasteiger partial charge in [-0.15, -0.1) is 0 Å². The van der Waals surface area contributed by atoms with Crippen LogP contribution in [0.1, 0.15) is 6.92 Å². The second-order valence-electron chi connectivity index (χ2n) is 2.43. The summed E-state index contributed by atoms with van der Waals surface area (Å²) < 4.78 is 10.5. The average molecular weight is 164 g/mol. The van der Waals surface area contributed by atoms with Crippen molar-refractivity contribution >= 4 is 12.6 Å². The Morgan fingerprint density at radius 1 is 1.25 bits per heavy atom. The van der Waals surface area contributed by atoms with Crippen molar-refractivity contribution in [1.82, 2.24) is 0 Å². The van der Waals surface area contributed by atoms with Crippen LogP contribution in [0.3, 0.4) is 0 Å². The third kappa shape index (κ3) is 2.36. The number of rotatable bonds is 4. The first-order chi connectivity index (χ1) is 5.88. The molecule has 0 unspecified atom stereocenters. The van der Waals surface area contributed by atoms with E-state index in [2.05, 4.69) is 0 Å². The molecule has 1 aromatic rings. The van der Waals surface area contributed by atoms with Gasteiger partial charge in [-0.1, -0.05) is 30.3 Å².